The van der Waals surface area contributed by atoms with E-state index in [4.69, 9.17) is 0 Å². The number of fused-ring (bicyclic) bond motifs is 5. The van der Waals surface area contributed by atoms with Crippen molar-refractivity contribution in [2.45, 2.75) is 131 Å². The summed E-state index contributed by atoms with van der Waals surface area (Å²) in [4.78, 5) is 0. The van der Waals surface area contributed by atoms with Crippen LogP contribution >= 0.6 is 0 Å². The molecule has 33 heavy (non-hydrogen) atoms. The summed E-state index contributed by atoms with van der Waals surface area (Å²) in [5, 5.41) is 34.3. The molecule has 0 heterocycles. The molecule has 0 saturated heterocycles. The molecule has 0 aromatic carbocycles. The van der Waals surface area contributed by atoms with Gasteiger partial charge in [0.1, 0.15) is 0 Å². The molecule has 0 spiro atoms. The van der Waals surface area contributed by atoms with Crippen molar-refractivity contribution in [1.82, 2.24) is 0 Å². The van der Waals surface area contributed by atoms with E-state index in [0.29, 0.717) is 11.8 Å². The number of rotatable bonds is 4. The van der Waals surface area contributed by atoms with Crippen LogP contribution in [0, 0.1) is 45.3 Å². The average Bonchev–Trinajstić information content (AvgIpc) is 3.08. The van der Waals surface area contributed by atoms with Crippen LogP contribution in [0.2, 0.25) is 0 Å². The standard InChI is InChI=1S/C30H52O3/c1-19(2)10-9-14-30(8,33)20-11-16-29(7)25(20)21(31)18-23-27(5)15-13-24(32)26(3,4)22(27)12-17-28(23,29)6/h10,20-25,31-33H,9,11-18H2,1-8H3/t20-,21+,22-,23+,24-,25?,27+,28+,29-,30-/m1/s1. The fraction of sp³-hybridized carbons (Fsp3) is 0.933. The summed E-state index contributed by atoms with van der Waals surface area (Å²) in [7, 11) is 0. The Morgan fingerprint density at radius 3 is 2.18 bits per heavy atom. The Hall–Kier alpha value is -0.380. The maximum absolute atomic E-state index is 11.8. The average molecular weight is 461 g/mol. The van der Waals surface area contributed by atoms with E-state index in [0.717, 1.165) is 44.9 Å². The summed E-state index contributed by atoms with van der Waals surface area (Å²) in [6.45, 7) is 18.3. The third-order valence-corrected chi connectivity index (χ3v) is 12.4. The molecule has 3 heteroatoms. The van der Waals surface area contributed by atoms with Crippen molar-refractivity contribution in [1.29, 1.82) is 0 Å². The lowest BCUT2D eigenvalue weighted by Crippen LogP contribution is -2.66. The Balaban J connectivity index is 1.66. The summed E-state index contributed by atoms with van der Waals surface area (Å²) >= 11 is 0. The minimum atomic E-state index is -0.739. The van der Waals surface area contributed by atoms with Crippen LogP contribution in [-0.4, -0.2) is 33.1 Å². The second-order valence-electron chi connectivity index (χ2n) is 14.5. The second kappa shape index (κ2) is 8.07. The number of aliphatic hydroxyl groups excluding tert-OH is 2. The van der Waals surface area contributed by atoms with Crippen molar-refractivity contribution < 1.29 is 15.3 Å². The zero-order chi connectivity index (χ0) is 24.6. The van der Waals surface area contributed by atoms with E-state index in [1.165, 1.54) is 18.4 Å². The van der Waals surface area contributed by atoms with Crippen LogP contribution in [0.1, 0.15) is 113 Å². The summed E-state index contributed by atoms with van der Waals surface area (Å²) in [5.41, 5.74) is 0.885. The Morgan fingerprint density at radius 2 is 1.55 bits per heavy atom. The van der Waals surface area contributed by atoms with E-state index in [1.54, 1.807) is 0 Å². The zero-order valence-corrected chi connectivity index (χ0v) is 22.7. The van der Waals surface area contributed by atoms with Crippen molar-refractivity contribution in [3.05, 3.63) is 11.6 Å². The topological polar surface area (TPSA) is 60.7 Å². The first-order chi connectivity index (χ1) is 15.1. The first-order valence-corrected chi connectivity index (χ1v) is 13.8. The molecule has 0 aromatic rings. The maximum Gasteiger partial charge on any atom is 0.0654 e. The molecule has 0 amide bonds. The first kappa shape index (κ1) is 25.7. The van der Waals surface area contributed by atoms with Gasteiger partial charge >= 0.3 is 0 Å². The normalized spacial score (nSPS) is 50.5. The van der Waals surface area contributed by atoms with Crippen LogP contribution in [0.5, 0.6) is 0 Å². The summed E-state index contributed by atoms with van der Waals surface area (Å²) in [6, 6.07) is 0. The lowest BCUT2D eigenvalue weighted by atomic mass is 9.35. The van der Waals surface area contributed by atoms with Crippen LogP contribution in [0.3, 0.4) is 0 Å². The van der Waals surface area contributed by atoms with E-state index in [2.05, 4.69) is 54.5 Å². The van der Waals surface area contributed by atoms with E-state index in [9.17, 15) is 15.3 Å². The van der Waals surface area contributed by atoms with Gasteiger partial charge in [-0.15, -0.1) is 0 Å². The molecular formula is C30H52O3. The van der Waals surface area contributed by atoms with Gasteiger partial charge in [-0.2, -0.15) is 0 Å². The van der Waals surface area contributed by atoms with Crippen LogP contribution in [0.4, 0.5) is 0 Å². The van der Waals surface area contributed by atoms with Crippen molar-refractivity contribution in [2.75, 3.05) is 0 Å². The second-order valence-corrected chi connectivity index (χ2v) is 14.5. The van der Waals surface area contributed by atoms with Crippen molar-refractivity contribution in [2.24, 2.45) is 45.3 Å². The molecule has 10 atom stereocenters. The molecule has 190 valence electrons. The predicted octanol–water partition coefficient (Wildman–Crippen LogP) is 6.50. The molecule has 4 aliphatic carbocycles. The molecule has 0 aromatic heterocycles. The van der Waals surface area contributed by atoms with E-state index in [1.807, 2.05) is 6.92 Å². The Bertz CT molecular complexity index is 779. The van der Waals surface area contributed by atoms with Crippen LogP contribution < -0.4 is 0 Å². The Morgan fingerprint density at radius 1 is 0.909 bits per heavy atom. The van der Waals surface area contributed by atoms with Crippen molar-refractivity contribution >= 4 is 0 Å². The minimum absolute atomic E-state index is 0.0503. The number of hydrogen-bond donors (Lipinski definition) is 3. The molecule has 4 rings (SSSR count). The highest BCUT2D eigenvalue weighted by Crippen LogP contribution is 2.75. The van der Waals surface area contributed by atoms with Gasteiger partial charge in [-0.05, 0) is 124 Å². The third kappa shape index (κ3) is 3.61. The lowest BCUT2D eigenvalue weighted by Gasteiger charge is -2.70. The highest BCUT2D eigenvalue weighted by molar-refractivity contribution is 5.20. The van der Waals surface area contributed by atoms with Gasteiger partial charge in [0.15, 0.2) is 0 Å². The fourth-order valence-corrected chi connectivity index (χ4v) is 10.3. The fourth-order valence-electron chi connectivity index (χ4n) is 10.3. The predicted molar refractivity (Wildman–Crippen MR) is 136 cm³/mol. The zero-order valence-electron chi connectivity index (χ0n) is 22.7. The first-order valence-electron chi connectivity index (χ1n) is 13.8. The summed E-state index contributed by atoms with van der Waals surface area (Å²) in [5.74, 6) is 1.31. The molecule has 4 fully saturated rings. The van der Waals surface area contributed by atoms with Gasteiger partial charge < -0.3 is 15.3 Å². The molecule has 0 bridgehead atoms. The van der Waals surface area contributed by atoms with Gasteiger partial charge in [0.25, 0.3) is 0 Å². The highest BCUT2D eigenvalue weighted by atomic mass is 16.3. The lowest BCUT2D eigenvalue weighted by molar-refractivity contribution is -0.246. The monoisotopic (exact) mass is 460 g/mol. The van der Waals surface area contributed by atoms with Crippen LogP contribution in [0.25, 0.3) is 0 Å². The number of allylic oxidation sites excluding steroid dienone is 2. The van der Waals surface area contributed by atoms with E-state index in [-0.39, 0.29) is 45.7 Å². The summed E-state index contributed by atoms with van der Waals surface area (Å²) < 4.78 is 0. The Labute approximate surface area is 203 Å². The molecule has 3 N–H and O–H groups in total. The molecular weight excluding hydrogens is 408 g/mol. The largest absolute Gasteiger partial charge is 0.393 e. The quantitative estimate of drug-likeness (QED) is 0.420. The van der Waals surface area contributed by atoms with Crippen LogP contribution in [0.15, 0.2) is 11.6 Å². The molecule has 1 unspecified atom stereocenters. The van der Waals surface area contributed by atoms with E-state index < -0.39 is 5.60 Å². The highest BCUT2D eigenvalue weighted by Gasteiger charge is 2.71. The smallest absolute Gasteiger partial charge is 0.0654 e. The van der Waals surface area contributed by atoms with Crippen molar-refractivity contribution in [3.63, 3.8) is 0 Å². The number of hydrogen-bond acceptors (Lipinski definition) is 3. The molecule has 3 nitrogen and oxygen atoms in total. The van der Waals surface area contributed by atoms with Gasteiger partial charge in [0.05, 0.1) is 17.8 Å². The minimum Gasteiger partial charge on any atom is -0.393 e. The van der Waals surface area contributed by atoms with Gasteiger partial charge in [0, 0.05) is 0 Å². The molecule has 0 radical (unpaired) electrons. The van der Waals surface area contributed by atoms with Gasteiger partial charge in [0.2, 0.25) is 0 Å². The maximum atomic E-state index is 11.8. The number of aliphatic hydroxyl groups is 3. The third-order valence-electron chi connectivity index (χ3n) is 12.4. The van der Waals surface area contributed by atoms with Crippen molar-refractivity contribution in [3.8, 4) is 0 Å². The SMILES string of the molecule is CC(C)=CCC[C@@](C)(O)[C@@H]1CC[C@]2(C)C1[C@@H](O)C[C@H]1[C@@]3(C)CC[C@@H](O)C(C)(C)[C@H]3CC[C@@]12C. The summed E-state index contributed by atoms with van der Waals surface area (Å²) in [6.07, 6.45) is 10.6. The molecule has 4 aliphatic rings. The molecule has 0 aliphatic heterocycles. The van der Waals surface area contributed by atoms with E-state index >= 15 is 0 Å². The Kier molecular flexibility index (Phi) is 6.28. The van der Waals surface area contributed by atoms with Gasteiger partial charge in [-0.25, -0.2) is 0 Å². The van der Waals surface area contributed by atoms with Gasteiger partial charge in [-0.1, -0.05) is 46.3 Å². The van der Waals surface area contributed by atoms with Gasteiger partial charge in [-0.3, -0.25) is 0 Å². The van der Waals surface area contributed by atoms with Crippen LogP contribution in [-0.2, 0) is 0 Å². The molecule has 4 saturated carbocycles.